The van der Waals surface area contributed by atoms with Gasteiger partial charge in [-0.05, 0) is 24.6 Å². The van der Waals surface area contributed by atoms with Gasteiger partial charge in [-0.3, -0.25) is 0 Å². The molecule has 0 heterocycles. The van der Waals surface area contributed by atoms with Crippen molar-refractivity contribution in [3.63, 3.8) is 0 Å². The summed E-state index contributed by atoms with van der Waals surface area (Å²) in [5.41, 5.74) is 2.65. The fraction of sp³-hybridized carbons (Fsp3) is 0.250. The van der Waals surface area contributed by atoms with Crippen LogP contribution in [0.25, 0.3) is 10.8 Å². The second kappa shape index (κ2) is 10.1. The minimum absolute atomic E-state index is 0. The first kappa shape index (κ1) is 18.2. The van der Waals surface area contributed by atoms with Crippen LogP contribution in [0.3, 0.4) is 0 Å². The van der Waals surface area contributed by atoms with E-state index in [1.54, 1.807) is 0 Å². The van der Waals surface area contributed by atoms with E-state index < -0.39 is 0 Å². The third kappa shape index (κ3) is 5.65. The molecular formula is C16H25P. The van der Waals surface area contributed by atoms with Crippen molar-refractivity contribution >= 4 is 20.7 Å². The largest absolute Gasteiger partial charge is 0.153 e. The molecule has 0 bridgehead atoms. The number of hydrogen-bond acceptors (Lipinski definition) is 0. The van der Waals surface area contributed by atoms with E-state index in [0.29, 0.717) is 0 Å². The average Bonchev–Trinajstić information content (AvgIpc) is 2.35. The third-order valence-electron chi connectivity index (χ3n) is 2.15. The second-order valence-electron chi connectivity index (χ2n) is 3.35. The summed E-state index contributed by atoms with van der Waals surface area (Å²) >= 11 is 0. The highest BCUT2D eigenvalue weighted by molar-refractivity contribution is 6.92. The van der Waals surface area contributed by atoms with Crippen LogP contribution in [0.4, 0.5) is 0 Å². The van der Waals surface area contributed by atoms with Gasteiger partial charge in [0, 0.05) is 0 Å². The van der Waals surface area contributed by atoms with Crippen molar-refractivity contribution in [3.05, 3.63) is 60.7 Å². The Morgan fingerprint density at radius 3 is 1.29 bits per heavy atom. The fourth-order valence-electron chi connectivity index (χ4n) is 1.48. The van der Waals surface area contributed by atoms with Crippen molar-refractivity contribution in [3.8, 4) is 0 Å². The molecule has 0 saturated heterocycles. The van der Waals surface area contributed by atoms with Crippen LogP contribution in [0.2, 0.25) is 0 Å². The maximum atomic E-state index is 3.00. The van der Waals surface area contributed by atoms with Crippen LogP contribution >= 0.6 is 9.90 Å². The fourth-order valence-corrected chi connectivity index (χ4v) is 1.48. The lowest BCUT2D eigenvalue weighted by Crippen LogP contribution is -1.76. The van der Waals surface area contributed by atoms with Crippen molar-refractivity contribution in [2.75, 3.05) is 0 Å². The molecule has 0 amide bonds. The van der Waals surface area contributed by atoms with Crippen molar-refractivity contribution in [2.24, 2.45) is 0 Å². The van der Waals surface area contributed by atoms with Crippen molar-refractivity contribution < 1.29 is 0 Å². The van der Waals surface area contributed by atoms with E-state index in [1.165, 1.54) is 21.9 Å². The van der Waals surface area contributed by atoms with E-state index in [-0.39, 0.29) is 9.90 Å². The molecule has 1 atom stereocenters. The summed E-state index contributed by atoms with van der Waals surface area (Å²) in [5.74, 6) is 0. The summed E-state index contributed by atoms with van der Waals surface area (Å²) in [7, 11) is 0. The number of benzene rings is 2. The molecule has 2 aromatic rings. The summed E-state index contributed by atoms with van der Waals surface area (Å²) in [4.78, 5) is 0. The quantitative estimate of drug-likeness (QED) is 0.436. The van der Waals surface area contributed by atoms with E-state index >= 15 is 0 Å². The molecule has 94 valence electrons. The van der Waals surface area contributed by atoms with Crippen LogP contribution in [-0.2, 0) is 0 Å². The molecule has 0 aliphatic heterocycles. The van der Waals surface area contributed by atoms with Crippen molar-refractivity contribution in [1.29, 1.82) is 0 Å². The zero-order valence-electron chi connectivity index (χ0n) is 11.6. The molecule has 0 nitrogen and oxygen atoms in total. The molecule has 0 aromatic heterocycles. The van der Waals surface area contributed by atoms with Crippen LogP contribution in [0.1, 0.15) is 25.0 Å². The van der Waals surface area contributed by atoms with Gasteiger partial charge in [-0.2, -0.15) is 9.90 Å². The lowest BCUT2D eigenvalue weighted by molar-refractivity contribution is 1.47. The Balaban J connectivity index is 0. The lowest BCUT2D eigenvalue weighted by atomic mass is 10.1. The number of hydrogen-bond donors (Lipinski definition) is 0. The first-order valence-corrected chi connectivity index (χ1v) is 5.73. The molecule has 2 rings (SSSR count). The SMILES string of the molecule is C=C.CC.Cc1ccc2cc(C)ccc2c1.P. The average molecular weight is 248 g/mol. The predicted molar refractivity (Wildman–Crippen MR) is 87.1 cm³/mol. The van der Waals surface area contributed by atoms with Gasteiger partial charge in [-0.1, -0.05) is 61.4 Å². The van der Waals surface area contributed by atoms with Gasteiger partial charge >= 0.3 is 0 Å². The molecule has 0 saturated carbocycles. The van der Waals surface area contributed by atoms with Gasteiger partial charge in [-0.25, -0.2) is 0 Å². The predicted octanol–water partition coefficient (Wildman–Crippen LogP) is 5.34. The Labute approximate surface area is 109 Å². The molecule has 0 aliphatic rings. The molecule has 1 unspecified atom stereocenters. The number of aryl methyl sites for hydroxylation is 2. The van der Waals surface area contributed by atoms with Crippen molar-refractivity contribution in [2.45, 2.75) is 27.7 Å². The molecule has 0 N–H and O–H groups in total. The summed E-state index contributed by atoms with van der Waals surface area (Å²) in [6, 6.07) is 13.1. The van der Waals surface area contributed by atoms with Gasteiger partial charge in [0.2, 0.25) is 0 Å². The van der Waals surface area contributed by atoms with Crippen LogP contribution in [0, 0.1) is 13.8 Å². The Bertz CT molecular complexity index is 391. The van der Waals surface area contributed by atoms with Gasteiger partial charge in [0.1, 0.15) is 0 Å². The minimum Gasteiger partial charge on any atom is -0.153 e. The Morgan fingerprint density at radius 1 is 0.706 bits per heavy atom. The molecule has 0 fully saturated rings. The zero-order chi connectivity index (χ0) is 12.6. The first-order chi connectivity index (χ1) is 7.75. The van der Waals surface area contributed by atoms with Crippen LogP contribution in [-0.4, -0.2) is 0 Å². The normalized spacial score (nSPS) is 8.00. The van der Waals surface area contributed by atoms with Crippen LogP contribution in [0.5, 0.6) is 0 Å². The maximum absolute atomic E-state index is 3.00. The first-order valence-electron chi connectivity index (χ1n) is 5.73. The molecule has 2 aromatic carbocycles. The minimum atomic E-state index is 0. The van der Waals surface area contributed by atoms with Gasteiger partial charge < -0.3 is 0 Å². The Morgan fingerprint density at radius 2 is 1.00 bits per heavy atom. The molecular weight excluding hydrogens is 223 g/mol. The summed E-state index contributed by atoms with van der Waals surface area (Å²) in [6.07, 6.45) is 0. The third-order valence-corrected chi connectivity index (χ3v) is 2.15. The highest BCUT2D eigenvalue weighted by atomic mass is 31.0. The van der Waals surface area contributed by atoms with Gasteiger partial charge in [0.15, 0.2) is 0 Å². The number of fused-ring (bicyclic) bond motifs is 1. The molecule has 0 aliphatic carbocycles. The van der Waals surface area contributed by atoms with Crippen LogP contribution in [0.15, 0.2) is 49.6 Å². The maximum Gasteiger partial charge on any atom is -0.0181 e. The lowest BCUT2D eigenvalue weighted by Gasteiger charge is -1.99. The zero-order valence-corrected chi connectivity index (χ0v) is 13.0. The summed E-state index contributed by atoms with van der Waals surface area (Å²) < 4.78 is 0. The standard InChI is InChI=1S/C12H12.C2H6.C2H4.H3P/c1-9-3-5-12-8-10(2)4-6-11(12)7-9;2*1-2;/h3-8H,1-2H3;1-2H3;1-2H2;1H3. The molecule has 0 radical (unpaired) electrons. The Kier molecular flexibility index (Phi) is 10.8. The molecule has 0 spiro atoms. The second-order valence-corrected chi connectivity index (χ2v) is 3.35. The van der Waals surface area contributed by atoms with E-state index in [2.05, 4.69) is 63.4 Å². The summed E-state index contributed by atoms with van der Waals surface area (Å²) in [6.45, 7) is 14.2. The van der Waals surface area contributed by atoms with E-state index in [0.717, 1.165) is 0 Å². The Hall–Kier alpha value is -1.13. The smallest absolute Gasteiger partial charge is 0.0181 e. The topological polar surface area (TPSA) is 0 Å². The highest BCUT2D eigenvalue weighted by Crippen LogP contribution is 2.16. The van der Waals surface area contributed by atoms with E-state index in [1.807, 2.05) is 13.8 Å². The van der Waals surface area contributed by atoms with Gasteiger partial charge in [0.05, 0.1) is 0 Å². The van der Waals surface area contributed by atoms with Crippen molar-refractivity contribution in [1.82, 2.24) is 0 Å². The number of rotatable bonds is 0. The summed E-state index contributed by atoms with van der Waals surface area (Å²) in [5, 5.41) is 2.67. The monoisotopic (exact) mass is 248 g/mol. The van der Waals surface area contributed by atoms with Gasteiger partial charge in [-0.15, -0.1) is 13.2 Å². The molecule has 1 heteroatoms. The molecule has 17 heavy (non-hydrogen) atoms. The van der Waals surface area contributed by atoms with Crippen LogP contribution < -0.4 is 0 Å². The van der Waals surface area contributed by atoms with E-state index in [4.69, 9.17) is 0 Å². The van der Waals surface area contributed by atoms with Gasteiger partial charge in [0.25, 0.3) is 0 Å². The van der Waals surface area contributed by atoms with E-state index in [9.17, 15) is 0 Å². The highest BCUT2D eigenvalue weighted by Gasteiger charge is 1.92.